The first-order valence-corrected chi connectivity index (χ1v) is 11.4. The zero-order chi connectivity index (χ0) is 20.9. The first-order chi connectivity index (χ1) is 14.4. The third-order valence-electron chi connectivity index (χ3n) is 8.17. The van der Waals surface area contributed by atoms with Crippen LogP contribution in [0.4, 0.5) is 0 Å². The molecule has 0 spiro atoms. The Balaban J connectivity index is 1.21. The van der Waals surface area contributed by atoms with E-state index in [9.17, 15) is 9.59 Å². The standard InChI is InChI=1S/C24H32N2O4/c1-16-5-3-7-24(2)14-21-17(13-19(16)24)18(23(28)30-21)15-25-8-10-26(11-9-25)22(27)20-6-4-12-29-20/h4,6,12,17-19,21H,1,3,5,7-11,13-15H2,2H3/t17-,18-,19+,21-,24-/m1/s1. The highest BCUT2D eigenvalue weighted by Crippen LogP contribution is 2.56. The first-order valence-electron chi connectivity index (χ1n) is 11.4. The number of piperazine rings is 1. The number of hydrogen-bond donors (Lipinski definition) is 0. The largest absolute Gasteiger partial charge is 0.462 e. The van der Waals surface area contributed by atoms with E-state index in [0.29, 0.717) is 30.7 Å². The number of fused-ring (bicyclic) bond motifs is 2. The van der Waals surface area contributed by atoms with Crippen LogP contribution < -0.4 is 0 Å². The van der Waals surface area contributed by atoms with E-state index in [1.165, 1.54) is 24.7 Å². The van der Waals surface area contributed by atoms with Crippen molar-refractivity contribution in [3.8, 4) is 0 Å². The van der Waals surface area contributed by atoms with Crippen LogP contribution in [-0.2, 0) is 9.53 Å². The van der Waals surface area contributed by atoms with E-state index < -0.39 is 0 Å². The molecule has 4 fully saturated rings. The van der Waals surface area contributed by atoms with Crippen LogP contribution in [0.3, 0.4) is 0 Å². The average molecular weight is 413 g/mol. The summed E-state index contributed by atoms with van der Waals surface area (Å²) in [5.74, 6) is 1.08. The first kappa shape index (κ1) is 19.9. The van der Waals surface area contributed by atoms with Crippen LogP contribution in [0.15, 0.2) is 35.0 Å². The molecule has 5 atom stereocenters. The van der Waals surface area contributed by atoms with Crippen molar-refractivity contribution in [2.75, 3.05) is 32.7 Å². The van der Waals surface area contributed by atoms with Crippen molar-refractivity contribution >= 4 is 11.9 Å². The van der Waals surface area contributed by atoms with Crippen molar-refractivity contribution in [3.63, 3.8) is 0 Å². The molecule has 6 heteroatoms. The van der Waals surface area contributed by atoms with Gasteiger partial charge in [-0.05, 0) is 55.6 Å². The summed E-state index contributed by atoms with van der Waals surface area (Å²) in [6.45, 7) is 10.4. The topological polar surface area (TPSA) is 63.0 Å². The number of hydrogen-bond acceptors (Lipinski definition) is 5. The van der Waals surface area contributed by atoms with Crippen LogP contribution in [0.25, 0.3) is 0 Å². The van der Waals surface area contributed by atoms with Gasteiger partial charge in [-0.15, -0.1) is 0 Å². The van der Waals surface area contributed by atoms with E-state index in [4.69, 9.17) is 9.15 Å². The Hall–Kier alpha value is -2.08. The number of rotatable bonds is 3. The minimum atomic E-state index is -0.0541. The molecule has 2 saturated heterocycles. The monoisotopic (exact) mass is 412 g/mol. The smallest absolute Gasteiger partial charge is 0.310 e. The van der Waals surface area contributed by atoms with Gasteiger partial charge >= 0.3 is 5.97 Å². The number of carbonyl (C=O) groups is 2. The SMILES string of the molecule is C=C1CCC[C@]2(C)C[C@H]3OC(=O)[C@H](CN4CCN(C(=O)c5ccco5)CC4)[C@H]3C[C@@H]12. The maximum Gasteiger partial charge on any atom is 0.310 e. The van der Waals surface area contributed by atoms with Crippen molar-refractivity contribution in [2.45, 2.75) is 45.1 Å². The van der Waals surface area contributed by atoms with Gasteiger partial charge in [-0.25, -0.2) is 0 Å². The fourth-order valence-corrected chi connectivity index (χ4v) is 6.43. The van der Waals surface area contributed by atoms with Gasteiger partial charge in [0.05, 0.1) is 12.2 Å². The molecular weight excluding hydrogens is 380 g/mol. The van der Waals surface area contributed by atoms with Gasteiger partial charge in [0.1, 0.15) is 6.10 Å². The Morgan fingerprint density at radius 1 is 1.30 bits per heavy atom. The number of allylic oxidation sites excluding steroid dienone is 1. The molecule has 0 unspecified atom stereocenters. The Labute approximate surface area is 178 Å². The number of furan rings is 1. The minimum Gasteiger partial charge on any atom is -0.462 e. The van der Waals surface area contributed by atoms with E-state index in [1.54, 1.807) is 12.1 Å². The number of ether oxygens (including phenoxy) is 1. The maximum atomic E-state index is 12.8. The molecule has 5 rings (SSSR count). The van der Waals surface area contributed by atoms with Crippen LogP contribution in [0.5, 0.6) is 0 Å². The van der Waals surface area contributed by atoms with Crippen LogP contribution in [0.1, 0.15) is 49.6 Å². The van der Waals surface area contributed by atoms with Crippen molar-refractivity contribution in [1.29, 1.82) is 0 Å². The summed E-state index contributed by atoms with van der Waals surface area (Å²) in [4.78, 5) is 29.4. The molecular formula is C24H32N2O4. The molecule has 4 aliphatic rings. The van der Waals surface area contributed by atoms with Crippen LogP contribution in [0.2, 0.25) is 0 Å². The van der Waals surface area contributed by atoms with E-state index in [0.717, 1.165) is 38.9 Å². The van der Waals surface area contributed by atoms with E-state index in [2.05, 4.69) is 18.4 Å². The van der Waals surface area contributed by atoms with Crippen molar-refractivity contribution in [2.24, 2.45) is 23.2 Å². The number of amides is 1. The fourth-order valence-electron chi connectivity index (χ4n) is 6.43. The lowest BCUT2D eigenvalue weighted by Gasteiger charge is -2.50. The predicted molar refractivity (Wildman–Crippen MR) is 112 cm³/mol. The second-order valence-electron chi connectivity index (χ2n) is 9.97. The maximum absolute atomic E-state index is 12.8. The van der Waals surface area contributed by atoms with Crippen molar-refractivity contribution in [1.82, 2.24) is 9.80 Å². The average Bonchev–Trinajstić information content (AvgIpc) is 3.35. The summed E-state index contributed by atoms with van der Waals surface area (Å²) in [5, 5.41) is 0. The van der Waals surface area contributed by atoms with Crippen LogP contribution in [0, 0.1) is 23.2 Å². The summed E-state index contributed by atoms with van der Waals surface area (Å²) in [5.41, 5.74) is 1.62. The lowest BCUT2D eigenvalue weighted by Crippen LogP contribution is -2.51. The summed E-state index contributed by atoms with van der Waals surface area (Å²) >= 11 is 0. The second kappa shape index (κ2) is 7.56. The van der Waals surface area contributed by atoms with Gasteiger partial charge in [0, 0.05) is 38.6 Å². The van der Waals surface area contributed by atoms with Crippen molar-refractivity contribution < 1.29 is 18.7 Å². The number of esters is 1. The predicted octanol–water partition coefficient (Wildman–Crippen LogP) is 3.35. The fraction of sp³-hybridized carbons (Fsp3) is 0.667. The van der Waals surface area contributed by atoms with Gasteiger partial charge in [-0.3, -0.25) is 14.5 Å². The van der Waals surface area contributed by atoms with Crippen LogP contribution in [-0.4, -0.2) is 60.5 Å². The van der Waals surface area contributed by atoms with Crippen molar-refractivity contribution in [3.05, 3.63) is 36.3 Å². The highest BCUT2D eigenvalue weighted by molar-refractivity contribution is 5.91. The van der Waals surface area contributed by atoms with E-state index in [1.807, 2.05) is 4.90 Å². The van der Waals surface area contributed by atoms with E-state index >= 15 is 0 Å². The molecule has 0 radical (unpaired) electrons. The Bertz CT molecular complexity index is 826. The Kier molecular flexibility index (Phi) is 5.00. The summed E-state index contributed by atoms with van der Waals surface area (Å²) < 4.78 is 11.1. The second-order valence-corrected chi connectivity index (χ2v) is 9.97. The van der Waals surface area contributed by atoms with Gasteiger partial charge in [0.15, 0.2) is 5.76 Å². The molecule has 2 aliphatic carbocycles. The summed E-state index contributed by atoms with van der Waals surface area (Å²) in [6, 6.07) is 3.45. The summed E-state index contributed by atoms with van der Waals surface area (Å²) in [7, 11) is 0. The van der Waals surface area contributed by atoms with Gasteiger partial charge in [0.25, 0.3) is 5.91 Å². The highest BCUT2D eigenvalue weighted by Gasteiger charge is 2.55. The summed E-state index contributed by atoms with van der Waals surface area (Å²) in [6.07, 6.45) is 7.17. The molecule has 0 N–H and O–H groups in total. The third kappa shape index (κ3) is 3.39. The van der Waals surface area contributed by atoms with Crippen LogP contribution >= 0.6 is 0 Å². The normalized spacial score (nSPS) is 36.9. The molecule has 1 aromatic rings. The quantitative estimate of drug-likeness (QED) is 0.563. The molecule has 1 amide bonds. The van der Waals surface area contributed by atoms with E-state index in [-0.39, 0.29) is 29.3 Å². The van der Waals surface area contributed by atoms with Gasteiger partial charge < -0.3 is 14.1 Å². The molecule has 6 nitrogen and oxygen atoms in total. The zero-order valence-corrected chi connectivity index (χ0v) is 17.8. The van der Waals surface area contributed by atoms with Gasteiger partial charge in [0.2, 0.25) is 0 Å². The zero-order valence-electron chi connectivity index (χ0n) is 17.8. The molecule has 1 aromatic heterocycles. The minimum absolute atomic E-state index is 0.0213. The lowest BCUT2D eigenvalue weighted by molar-refractivity contribution is -0.146. The lowest BCUT2D eigenvalue weighted by atomic mass is 9.55. The molecule has 162 valence electrons. The number of nitrogens with zero attached hydrogens (tertiary/aromatic N) is 2. The van der Waals surface area contributed by atoms with Gasteiger partial charge in [-0.1, -0.05) is 19.1 Å². The molecule has 3 heterocycles. The highest BCUT2D eigenvalue weighted by atomic mass is 16.6. The van der Waals surface area contributed by atoms with Gasteiger partial charge in [-0.2, -0.15) is 0 Å². The third-order valence-corrected chi connectivity index (χ3v) is 8.17. The molecule has 2 saturated carbocycles. The molecule has 30 heavy (non-hydrogen) atoms. The number of carbonyl (C=O) groups excluding carboxylic acids is 2. The molecule has 0 bridgehead atoms. The Morgan fingerprint density at radius 2 is 2.10 bits per heavy atom. The Morgan fingerprint density at radius 3 is 2.83 bits per heavy atom. The molecule has 0 aromatic carbocycles. The molecule has 2 aliphatic heterocycles.